The van der Waals surface area contributed by atoms with Crippen molar-refractivity contribution in [3.63, 3.8) is 0 Å². The SMILES string of the molecule is CC(C)NCCS(=O)(=O)NCc1ccccn1. The smallest absolute Gasteiger partial charge is 0.213 e. The quantitative estimate of drug-likeness (QED) is 0.746. The standard InChI is InChI=1S/C11H19N3O2S/c1-10(2)12-7-8-17(15,16)14-9-11-5-3-4-6-13-11/h3-6,10,12,14H,7-9H2,1-2H3. The Morgan fingerprint density at radius 3 is 2.71 bits per heavy atom. The molecule has 0 saturated heterocycles. The van der Waals surface area contributed by atoms with Crippen molar-refractivity contribution in [1.82, 2.24) is 15.0 Å². The van der Waals surface area contributed by atoms with E-state index in [-0.39, 0.29) is 12.3 Å². The molecule has 2 N–H and O–H groups in total. The van der Waals surface area contributed by atoms with Gasteiger partial charge in [0, 0.05) is 18.8 Å². The van der Waals surface area contributed by atoms with Crippen molar-refractivity contribution >= 4 is 10.0 Å². The maximum atomic E-state index is 11.6. The molecule has 0 radical (unpaired) electrons. The Morgan fingerprint density at radius 2 is 2.12 bits per heavy atom. The van der Waals surface area contributed by atoms with Gasteiger partial charge < -0.3 is 5.32 Å². The zero-order valence-electron chi connectivity index (χ0n) is 10.2. The maximum absolute atomic E-state index is 11.6. The highest BCUT2D eigenvalue weighted by atomic mass is 32.2. The number of aromatic nitrogens is 1. The van der Waals surface area contributed by atoms with Crippen LogP contribution in [0.4, 0.5) is 0 Å². The summed E-state index contributed by atoms with van der Waals surface area (Å²) < 4.78 is 25.7. The van der Waals surface area contributed by atoms with Gasteiger partial charge >= 0.3 is 0 Å². The molecule has 0 aliphatic rings. The molecule has 0 bridgehead atoms. The van der Waals surface area contributed by atoms with E-state index in [0.717, 1.165) is 0 Å². The molecule has 1 rings (SSSR count). The second-order valence-electron chi connectivity index (χ2n) is 4.07. The molecule has 1 aromatic heterocycles. The van der Waals surface area contributed by atoms with Gasteiger partial charge in [-0.3, -0.25) is 4.98 Å². The van der Waals surface area contributed by atoms with Gasteiger partial charge in [-0.25, -0.2) is 13.1 Å². The van der Waals surface area contributed by atoms with Crippen molar-refractivity contribution in [3.8, 4) is 0 Å². The summed E-state index contributed by atoms with van der Waals surface area (Å²) in [7, 11) is -3.23. The first-order valence-electron chi connectivity index (χ1n) is 5.60. The van der Waals surface area contributed by atoms with Gasteiger partial charge in [0.25, 0.3) is 0 Å². The fourth-order valence-corrected chi connectivity index (χ4v) is 2.14. The average Bonchev–Trinajstić information content (AvgIpc) is 2.27. The highest BCUT2D eigenvalue weighted by molar-refractivity contribution is 7.89. The summed E-state index contributed by atoms with van der Waals surface area (Å²) in [4.78, 5) is 4.05. The zero-order chi connectivity index (χ0) is 12.7. The van der Waals surface area contributed by atoms with Crippen molar-refractivity contribution in [2.75, 3.05) is 12.3 Å². The van der Waals surface area contributed by atoms with Crippen LogP contribution < -0.4 is 10.0 Å². The Balaban J connectivity index is 2.35. The molecule has 0 atom stereocenters. The Kier molecular flexibility index (Phi) is 5.54. The second-order valence-corrected chi connectivity index (χ2v) is 6.00. The van der Waals surface area contributed by atoms with E-state index < -0.39 is 10.0 Å². The van der Waals surface area contributed by atoms with Crippen LogP contribution in [-0.4, -0.2) is 31.7 Å². The second kappa shape index (κ2) is 6.68. The van der Waals surface area contributed by atoms with Crippen LogP contribution in [0, 0.1) is 0 Å². The van der Waals surface area contributed by atoms with Gasteiger partial charge in [-0.2, -0.15) is 0 Å². The van der Waals surface area contributed by atoms with Gasteiger partial charge in [-0.15, -0.1) is 0 Å². The van der Waals surface area contributed by atoms with E-state index in [1.54, 1.807) is 18.3 Å². The van der Waals surface area contributed by atoms with Crippen molar-refractivity contribution in [2.24, 2.45) is 0 Å². The molecular formula is C11H19N3O2S. The molecule has 0 amide bonds. The lowest BCUT2D eigenvalue weighted by Crippen LogP contribution is -2.34. The minimum atomic E-state index is -3.23. The summed E-state index contributed by atoms with van der Waals surface area (Å²) in [6, 6.07) is 5.71. The number of pyridine rings is 1. The predicted octanol–water partition coefficient (Wildman–Crippen LogP) is 0.499. The van der Waals surface area contributed by atoms with Crippen LogP contribution in [0.1, 0.15) is 19.5 Å². The number of hydrogen-bond donors (Lipinski definition) is 2. The third kappa shape index (κ3) is 6.35. The number of nitrogens with one attached hydrogen (secondary N) is 2. The Hall–Kier alpha value is -0.980. The first kappa shape index (κ1) is 14.1. The molecule has 5 nitrogen and oxygen atoms in total. The van der Waals surface area contributed by atoms with Gasteiger partial charge in [-0.05, 0) is 12.1 Å². The topological polar surface area (TPSA) is 71.1 Å². The molecule has 96 valence electrons. The zero-order valence-corrected chi connectivity index (χ0v) is 11.0. The first-order valence-corrected chi connectivity index (χ1v) is 7.25. The minimum absolute atomic E-state index is 0.0814. The Bertz CT molecular complexity index is 418. The van der Waals surface area contributed by atoms with Crippen LogP contribution >= 0.6 is 0 Å². The first-order chi connectivity index (χ1) is 7.99. The Morgan fingerprint density at radius 1 is 1.35 bits per heavy atom. The molecule has 0 unspecified atom stereocenters. The van der Waals surface area contributed by atoms with Crippen LogP contribution in [0.2, 0.25) is 0 Å². The van der Waals surface area contributed by atoms with Gasteiger partial charge in [0.15, 0.2) is 0 Å². The van der Waals surface area contributed by atoms with Crippen molar-refractivity contribution < 1.29 is 8.42 Å². The Labute approximate surface area is 103 Å². The highest BCUT2D eigenvalue weighted by Gasteiger charge is 2.09. The van der Waals surface area contributed by atoms with Crippen molar-refractivity contribution in [1.29, 1.82) is 0 Å². The molecular weight excluding hydrogens is 238 g/mol. The third-order valence-corrected chi connectivity index (χ3v) is 3.45. The summed E-state index contributed by atoms with van der Waals surface area (Å²) in [6.07, 6.45) is 1.64. The fourth-order valence-electron chi connectivity index (χ4n) is 1.24. The molecule has 0 fully saturated rings. The molecule has 0 saturated carbocycles. The third-order valence-electron chi connectivity index (χ3n) is 2.12. The predicted molar refractivity (Wildman–Crippen MR) is 68.0 cm³/mol. The number of rotatable bonds is 7. The van der Waals surface area contributed by atoms with Crippen LogP contribution in [0.3, 0.4) is 0 Å². The molecule has 0 aliphatic heterocycles. The molecule has 0 aromatic carbocycles. The number of hydrogen-bond acceptors (Lipinski definition) is 4. The van der Waals surface area contributed by atoms with Crippen molar-refractivity contribution in [3.05, 3.63) is 30.1 Å². The fraction of sp³-hybridized carbons (Fsp3) is 0.545. The summed E-state index contributed by atoms with van der Waals surface area (Å²) in [5.41, 5.74) is 0.716. The molecule has 6 heteroatoms. The highest BCUT2D eigenvalue weighted by Crippen LogP contribution is 1.94. The normalized spacial score (nSPS) is 11.9. The van der Waals surface area contributed by atoms with Gasteiger partial charge in [0.1, 0.15) is 0 Å². The van der Waals surface area contributed by atoms with Crippen LogP contribution in [0.5, 0.6) is 0 Å². The summed E-state index contributed by atoms with van der Waals surface area (Å²) >= 11 is 0. The van der Waals surface area contributed by atoms with E-state index in [2.05, 4.69) is 15.0 Å². The van der Waals surface area contributed by atoms with Crippen LogP contribution in [0.15, 0.2) is 24.4 Å². The van der Waals surface area contributed by atoms with Gasteiger partial charge in [-0.1, -0.05) is 19.9 Å². The van der Waals surface area contributed by atoms with Crippen LogP contribution in [-0.2, 0) is 16.6 Å². The summed E-state index contributed by atoms with van der Waals surface area (Å²) in [5, 5.41) is 3.06. The monoisotopic (exact) mass is 257 g/mol. The van der Waals surface area contributed by atoms with Crippen LogP contribution in [0.25, 0.3) is 0 Å². The number of nitrogens with zero attached hydrogens (tertiary/aromatic N) is 1. The number of sulfonamides is 1. The summed E-state index contributed by atoms with van der Waals surface area (Å²) in [6.45, 7) is 4.65. The summed E-state index contributed by atoms with van der Waals surface area (Å²) in [5.74, 6) is 0.0814. The maximum Gasteiger partial charge on any atom is 0.213 e. The molecule has 1 heterocycles. The average molecular weight is 257 g/mol. The van der Waals surface area contributed by atoms with Gasteiger partial charge in [0.05, 0.1) is 18.0 Å². The largest absolute Gasteiger partial charge is 0.313 e. The van der Waals surface area contributed by atoms with E-state index in [4.69, 9.17) is 0 Å². The van der Waals surface area contributed by atoms with E-state index in [1.807, 2.05) is 19.9 Å². The van der Waals surface area contributed by atoms with E-state index in [1.165, 1.54) is 0 Å². The molecule has 0 aliphatic carbocycles. The minimum Gasteiger partial charge on any atom is -0.313 e. The van der Waals surface area contributed by atoms with E-state index in [0.29, 0.717) is 18.3 Å². The molecule has 17 heavy (non-hydrogen) atoms. The van der Waals surface area contributed by atoms with Crippen molar-refractivity contribution in [2.45, 2.75) is 26.4 Å². The van der Waals surface area contributed by atoms with E-state index in [9.17, 15) is 8.42 Å². The molecule has 1 aromatic rings. The van der Waals surface area contributed by atoms with Gasteiger partial charge in [0.2, 0.25) is 10.0 Å². The molecule has 0 spiro atoms. The lowest BCUT2D eigenvalue weighted by Gasteiger charge is -2.09. The lowest BCUT2D eigenvalue weighted by atomic mass is 10.4. The lowest BCUT2D eigenvalue weighted by molar-refractivity contribution is 0.566. The van der Waals surface area contributed by atoms with E-state index >= 15 is 0 Å².